The maximum absolute atomic E-state index is 13.5. The number of halogens is 3. The Labute approximate surface area is 114 Å². The van der Waals surface area contributed by atoms with Gasteiger partial charge in [-0.1, -0.05) is 4.49 Å². The van der Waals surface area contributed by atoms with E-state index < -0.39 is 11.6 Å². The minimum absolute atomic E-state index is 0.0494. The van der Waals surface area contributed by atoms with Crippen molar-refractivity contribution in [2.45, 2.75) is 6.61 Å². The molecule has 0 aliphatic rings. The van der Waals surface area contributed by atoms with E-state index in [-0.39, 0.29) is 16.8 Å². The molecule has 0 saturated carbocycles. The summed E-state index contributed by atoms with van der Waals surface area (Å²) in [4.78, 5) is 0. The molecular weight excluding hydrogens is 328 g/mol. The Morgan fingerprint density at radius 1 is 1.44 bits per heavy atom. The Bertz CT molecular complexity index is 541. The monoisotopic (exact) mass is 335 g/mol. The maximum Gasteiger partial charge on any atom is 0.169 e. The second kappa shape index (κ2) is 5.57. The van der Waals surface area contributed by atoms with Gasteiger partial charge in [-0.05, 0) is 22.0 Å². The van der Waals surface area contributed by atoms with Crippen LogP contribution in [0.1, 0.15) is 5.69 Å². The topological polar surface area (TPSA) is 47.0 Å². The predicted octanol–water partition coefficient (Wildman–Crippen LogP) is 3.20. The van der Waals surface area contributed by atoms with Crippen LogP contribution in [0.25, 0.3) is 0 Å². The van der Waals surface area contributed by atoms with Crippen molar-refractivity contribution in [3.05, 3.63) is 33.9 Å². The van der Waals surface area contributed by atoms with Gasteiger partial charge in [-0.3, -0.25) is 0 Å². The van der Waals surface area contributed by atoms with Gasteiger partial charge in [0.1, 0.15) is 23.1 Å². The minimum atomic E-state index is -0.768. The molecule has 0 fully saturated rings. The van der Waals surface area contributed by atoms with Crippen molar-refractivity contribution in [2.24, 2.45) is 0 Å². The molecule has 0 aliphatic carbocycles. The van der Waals surface area contributed by atoms with Crippen LogP contribution in [-0.2, 0) is 6.61 Å². The molecule has 0 bridgehead atoms. The third-order valence-electron chi connectivity index (χ3n) is 2.10. The lowest BCUT2D eigenvalue weighted by molar-refractivity contribution is 0.283. The molecule has 18 heavy (non-hydrogen) atoms. The molecule has 2 rings (SSSR count). The highest BCUT2D eigenvalue weighted by atomic mass is 79.9. The summed E-state index contributed by atoms with van der Waals surface area (Å²) in [6.07, 6.45) is 0. The number of hydrogen-bond acceptors (Lipinski definition) is 5. The summed E-state index contributed by atoms with van der Waals surface area (Å²) in [5, 5.41) is 7.49. The summed E-state index contributed by atoms with van der Waals surface area (Å²) in [6, 6.07) is 1.90. The molecule has 4 nitrogen and oxygen atoms in total. The van der Waals surface area contributed by atoms with Gasteiger partial charge in [-0.15, -0.1) is 5.10 Å². The fraction of sp³-hybridized carbons (Fsp3) is 0.200. The summed E-state index contributed by atoms with van der Waals surface area (Å²) in [5.74, 6) is -1.49. The molecule has 0 aliphatic heterocycles. The number of nitrogens with one attached hydrogen (secondary N) is 1. The Hall–Kier alpha value is -1.28. The van der Waals surface area contributed by atoms with E-state index in [1.165, 1.54) is 11.5 Å². The minimum Gasteiger partial charge on any atom is -0.483 e. The summed E-state index contributed by atoms with van der Waals surface area (Å²) in [7, 11) is 1.73. The molecular formula is C10H8BrF2N3OS. The SMILES string of the molecule is CNc1snnc1COc1c(F)cc(F)cc1Br. The smallest absolute Gasteiger partial charge is 0.169 e. The van der Waals surface area contributed by atoms with Gasteiger partial charge in [-0.25, -0.2) is 8.78 Å². The van der Waals surface area contributed by atoms with E-state index in [1.54, 1.807) is 7.05 Å². The van der Waals surface area contributed by atoms with E-state index in [0.717, 1.165) is 17.1 Å². The first-order valence-electron chi connectivity index (χ1n) is 4.88. The van der Waals surface area contributed by atoms with Crippen molar-refractivity contribution in [1.29, 1.82) is 0 Å². The van der Waals surface area contributed by atoms with Crippen LogP contribution in [0.4, 0.5) is 13.8 Å². The molecule has 0 unspecified atom stereocenters. The van der Waals surface area contributed by atoms with Gasteiger partial charge >= 0.3 is 0 Å². The van der Waals surface area contributed by atoms with E-state index in [1.807, 2.05) is 0 Å². The number of aromatic nitrogens is 2. The van der Waals surface area contributed by atoms with Gasteiger partial charge < -0.3 is 10.1 Å². The van der Waals surface area contributed by atoms with Crippen molar-refractivity contribution in [3.63, 3.8) is 0 Å². The molecule has 1 aromatic carbocycles. The van der Waals surface area contributed by atoms with E-state index in [9.17, 15) is 8.78 Å². The summed E-state index contributed by atoms with van der Waals surface area (Å²) >= 11 is 4.22. The van der Waals surface area contributed by atoms with E-state index >= 15 is 0 Å². The van der Waals surface area contributed by atoms with Crippen LogP contribution >= 0.6 is 27.5 Å². The highest BCUT2D eigenvalue weighted by molar-refractivity contribution is 9.10. The number of nitrogens with zero attached hydrogens (tertiary/aromatic N) is 2. The predicted molar refractivity (Wildman–Crippen MR) is 67.8 cm³/mol. The fourth-order valence-corrected chi connectivity index (χ4v) is 2.34. The Balaban J connectivity index is 2.16. The van der Waals surface area contributed by atoms with Crippen molar-refractivity contribution < 1.29 is 13.5 Å². The first-order valence-corrected chi connectivity index (χ1v) is 6.44. The van der Waals surface area contributed by atoms with Gasteiger partial charge in [0.15, 0.2) is 11.6 Å². The molecule has 1 heterocycles. The zero-order valence-corrected chi connectivity index (χ0v) is 11.6. The number of anilines is 1. The fourth-order valence-electron chi connectivity index (χ4n) is 1.30. The zero-order valence-electron chi connectivity index (χ0n) is 9.21. The van der Waals surface area contributed by atoms with Gasteiger partial charge in [0.05, 0.1) is 4.47 Å². The molecule has 1 aromatic heterocycles. The van der Waals surface area contributed by atoms with Gasteiger partial charge in [0.25, 0.3) is 0 Å². The highest BCUT2D eigenvalue weighted by Gasteiger charge is 2.13. The Kier molecular flexibility index (Phi) is 4.07. The van der Waals surface area contributed by atoms with Crippen molar-refractivity contribution >= 4 is 32.5 Å². The summed E-state index contributed by atoms with van der Waals surface area (Å²) < 4.78 is 35.6. The molecule has 2 aromatic rings. The van der Waals surface area contributed by atoms with Gasteiger partial charge in [0, 0.05) is 24.6 Å². The second-order valence-corrected chi connectivity index (χ2v) is 4.89. The van der Waals surface area contributed by atoms with Crippen LogP contribution in [0, 0.1) is 11.6 Å². The largest absolute Gasteiger partial charge is 0.483 e. The van der Waals surface area contributed by atoms with Crippen LogP contribution in [0.15, 0.2) is 16.6 Å². The van der Waals surface area contributed by atoms with Crippen molar-refractivity contribution in [1.82, 2.24) is 9.59 Å². The van der Waals surface area contributed by atoms with Crippen LogP contribution in [0.2, 0.25) is 0 Å². The zero-order chi connectivity index (χ0) is 13.1. The Morgan fingerprint density at radius 3 is 2.89 bits per heavy atom. The number of ether oxygens (including phenoxy) is 1. The van der Waals surface area contributed by atoms with Gasteiger partial charge in [0.2, 0.25) is 0 Å². The number of rotatable bonds is 4. The van der Waals surface area contributed by atoms with Crippen LogP contribution in [0.5, 0.6) is 5.75 Å². The van der Waals surface area contributed by atoms with Crippen LogP contribution in [0.3, 0.4) is 0 Å². The van der Waals surface area contributed by atoms with E-state index in [4.69, 9.17) is 4.74 Å². The summed E-state index contributed by atoms with van der Waals surface area (Å²) in [6.45, 7) is 0.0494. The maximum atomic E-state index is 13.5. The summed E-state index contributed by atoms with van der Waals surface area (Å²) in [5.41, 5.74) is 0.568. The normalized spacial score (nSPS) is 10.4. The average Bonchev–Trinajstić information content (AvgIpc) is 2.75. The second-order valence-electron chi connectivity index (χ2n) is 3.29. The third-order valence-corrected chi connectivity index (χ3v) is 3.47. The first kappa shape index (κ1) is 13.2. The average molecular weight is 336 g/mol. The molecule has 0 radical (unpaired) electrons. The van der Waals surface area contributed by atoms with Gasteiger partial charge in [-0.2, -0.15) is 0 Å². The molecule has 0 spiro atoms. The molecule has 1 N–H and O–H groups in total. The molecule has 96 valence electrons. The van der Waals surface area contributed by atoms with Crippen molar-refractivity contribution in [2.75, 3.05) is 12.4 Å². The molecule has 0 atom stereocenters. The number of hydrogen-bond donors (Lipinski definition) is 1. The Morgan fingerprint density at radius 2 is 2.22 bits per heavy atom. The molecule has 0 saturated heterocycles. The quantitative estimate of drug-likeness (QED) is 0.932. The molecule has 8 heteroatoms. The first-order chi connectivity index (χ1) is 8.61. The third kappa shape index (κ3) is 2.75. The van der Waals surface area contributed by atoms with Crippen molar-refractivity contribution in [3.8, 4) is 5.75 Å². The van der Waals surface area contributed by atoms with Crippen LogP contribution in [-0.4, -0.2) is 16.6 Å². The number of benzene rings is 1. The lowest BCUT2D eigenvalue weighted by Gasteiger charge is -2.08. The molecule has 0 amide bonds. The van der Waals surface area contributed by atoms with E-state index in [0.29, 0.717) is 5.69 Å². The lowest BCUT2D eigenvalue weighted by atomic mass is 10.3. The highest BCUT2D eigenvalue weighted by Crippen LogP contribution is 2.30. The van der Waals surface area contributed by atoms with E-state index in [2.05, 4.69) is 30.8 Å². The lowest BCUT2D eigenvalue weighted by Crippen LogP contribution is -2.02. The van der Waals surface area contributed by atoms with Crippen LogP contribution < -0.4 is 10.1 Å². The standard InChI is InChI=1S/C10H8BrF2N3OS/c1-14-10-8(15-16-18-10)4-17-9-6(11)2-5(12)3-7(9)13/h2-3,14H,4H2,1H3.